The minimum absolute atomic E-state index is 0.00782. The van der Waals surface area contributed by atoms with Crippen LogP contribution in [0.25, 0.3) is 0 Å². The van der Waals surface area contributed by atoms with Crippen LogP contribution in [-0.2, 0) is 6.42 Å². The van der Waals surface area contributed by atoms with Gasteiger partial charge in [0.1, 0.15) is 0 Å². The van der Waals surface area contributed by atoms with Crippen LogP contribution in [0, 0.1) is 6.92 Å². The average Bonchev–Trinajstić information content (AvgIpc) is 2.32. The highest BCUT2D eigenvalue weighted by Gasteiger charge is 2.06. The smallest absolute Gasteiger partial charge is 0.243 e. The van der Waals surface area contributed by atoms with Crippen LogP contribution in [0.4, 0.5) is 0 Å². The Morgan fingerprint density at radius 2 is 2.33 bits per heavy atom. The van der Waals surface area contributed by atoms with Crippen LogP contribution >= 0.6 is 0 Å². The summed E-state index contributed by atoms with van der Waals surface area (Å²) in [6, 6.07) is 1.96. The van der Waals surface area contributed by atoms with Gasteiger partial charge in [0, 0.05) is 12.6 Å². The summed E-state index contributed by atoms with van der Waals surface area (Å²) >= 11 is 0. The van der Waals surface area contributed by atoms with Gasteiger partial charge < -0.3 is 0 Å². The molecule has 0 saturated heterocycles. The van der Waals surface area contributed by atoms with Gasteiger partial charge in [-0.15, -0.1) is 0 Å². The van der Waals surface area contributed by atoms with Gasteiger partial charge in [0.25, 0.3) is 0 Å². The Labute approximate surface area is 72.4 Å². The monoisotopic (exact) mass is 166 g/mol. The first kappa shape index (κ1) is 8.97. The lowest BCUT2D eigenvalue weighted by molar-refractivity contribution is 0.0917. The number of nitrogens with zero attached hydrogens (tertiary/aromatic N) is 2. The van der Waals surface area contributed by atoms with Crippen LogP contribution in [0.2, 0.25) is 0 Å². The van der Waals surface area contributed by atoms with E-state index in [0.717, 1.165) is 24.2 Å². The van der Waals surface area contributed by atoms with Gasteiger partial charge in [-0.1, -0.05) is 13.3 Å². The molecule has 12 heavy (non-hydrogen) atoms. The number of hydrogen-bond donors (Lipinski definition) is 0. The van der Waals surface area contributed by atoms with Gasteiger partial charge in [-0.3, -0.25) is 4.79 Å². The molecule has 0 N–H and O–H groups in total. The van der Waals surface area contributed by atoms with E-state index in [4.69, 9.17) is 0 Å². The van der Waals surface area contributed by atoms with Crippen molar-refractivity contribution in [1.82, 2.24) is 9.78 Å². The summed E-state index contributed by atoms with van der Waals surface area (Å²) in [5.41, 5.74) is 1.93. The summed E-state index contributed by atoms with van der Waals surface area (Å²) in [5.74, 6) is -0.00782. The van der Waals surface area contributed by atoms with Crippen molar-refractivity contribution in [3.8, 4) is 0 Å². The van der Waals surface area contributed by atoms with E-state index in [2.05, 4.69) is 12.0 Å². The van der Waals surface area contributed by atoms with E-state index in [0.29, 0.717) is 0 Å². The van der Waals surface area contributed by atoms with Gasteiger partial charge >= 0.3 is 0 Å². The van der Waals surface area contributed by atoms with Gasteiger partial charge in [0.2, 0.25) is 5.91 Å². The van der Waals surface area contributed by atoms with Crippen molar-refractivity contribution in [3.05, 3.63) is 17.5 Å². The van der Waals surface area contributed by atoms with Crippen LogP contribution in [0.1, 0.15) is 36.5 Å². The number of hydrogen-bond acceptors (Lipinski definition) is 2. The molecule has 0 radical (unpaired) electrons. The molecule has 0 aliphatic carbocycles. The second kappa shape index (κ2) is 3.52. The van der Waals surface area contributed by atoms with Gasteiger partial charge in [-0.05, 0) is 19.4 Å². The fraction of sp³-hybridized carbons (Fsp3) is 0.556. The predicted molar refractivity (Wildman–Crippen MR) is 47.3 cm³/mol. The standard InChI is InChI=1S/C9H14N2O/c1-4-5-9-6-7(2)10-11(9)8(3)12/h6H,4-5H2,1-3H3. The molecule has 0 fully saturated rings. The Balaban J connectivity index is 2.99. The molecule has 0 aliphatic heterocycles. The summed E-state index contributed by atoms with van der Waals surface area (Å²) in [6.45, 7) is 5.52. The third kappa shape index (κ3) is 1.72. The van der Waals surface area contributed by atoms with E-state index in [1.807, 2.05) is 13.0 Å². The Hall–Kier alpha value is -1.12. The lowest BCUT2D eigenvalue weighted by Gasteiger charge is -1.99. The largest absolute Gasteiger partial charge is 0.273 e. The lowest BCUT2D eigenvalue weighted by Crippen LogP contribution is -2.11. The van der Waals surface area contributed by atoms with Crippen molar-refractivity contribution in [2.45, 2.75) is 33.6 Å². The molecule has 0 bridgehead atoms. The highest BCUT2D eigenvalue weighted by atomic mass is 16.2. The van der Waals surface area contributed by atoms with Crippen molar-refractivity contribution in [2.24, 2.45) is 0 Å². The number of carbonyl (C=O) groups excluding carboxylic acids is 1. The first-order valence-electron chi connectivity index (χ1n) is 4.21. The van der Waals surface area contributed by atoms with Crippen LogP contribution in [-0.4, -0.2) is 15.7 Å². The molecule has 1 aromatic rings. The second-order valence-corrected chi connectivity index (χ2v) is 2.96. The maximum absolute atomic E-state index is 11.1. The summed E-state index contributed by atoms with van der Waals surface area (Å²) in [4.78, 5) is 11.1. The van der Waals surface area contributed by atoms with Crippen molar-refractivity contribution in [3.63, 3.8) is 0 Å². The molecule has 0 amide bonds. The first-order chi connectivity index (χ1) is 5.65. The van der Waals surface area contributed by atoms with Crippen LogP contribution in [0.15, 0.2) is 6.07 Å². The van der Waals surface area contributed by atoms with Crippen LogP contribution < -0.4 is 0 Å². The third-order valence-electron chi connectivity index (χ3n) is 1.71. The first-order valence-corrected chi connectivity index (χ1v) is 4.21. The topological polar surface area (TPSA) is 34.9 Å². The van der Waals surface area contributed by atoms with Gasteiger partial charge in [0.05, 0.1) is 5.69 Å². The molecule has 3 heteroatoms. The van der Waals surface area contributed by atoms with Crippen LogP contribution in [0.5, 0.6) is 0 Å². The SMILES string of the molecule is CCCc1cc(C)nn1C(C)=O. The molecule has 0 atom stereocenters. The van der Waals surface area contributed by atoms with Crippen molar-refractivity contribution in [2.75, 3.05) is 0 Å². The molecule has 1 rings (SSSR count). The van der Waals surface area contributed by atoms with Gasteiger partial charge in [0.15, 0.2) is 0 Å². The molecule has 0 saturated carbocycles. The van der Waals surface area contributed by atoms with Crippen molar-refractivity contribution < 1.29 is 4.79 Å². The van der Waals surface area contributed by atoms with E-state index in [1.165, 1.54) is 11.6 Å². The highest BCUT2D eigenvalue weighted by molar-refractivity contribution is 5.75. The van der Waals surface area contributed by atoms with Crippen molar-refractivity contribution in [1.29, 1.82) is 0 Å². The van der Waals surface area contributed by atoms with E-state index in [9.17, 15) is 4.79 Å². The molecule has 0 aromatic carbocycles. The van der Waals surface area contributed by atoms with Gasteiger partial charge in [-0.2, -0.15) is 5.10 Å². The van der Waals surface area contributed by atoms with E-state index >= 15 is 0 Å². The van der Waals surface area contributed by atoms with E-state index in [-0.39, 0.29) is 5.91 Å². The predicted octanol–water partition coefficient (Wildman–Crippen LogP) is 1.80. The third-order valence-corrected chi connectivity index (χ3v) is 1.71. The summed E-state index contributed by atoms with van der Waals surface area (Å²) in [5, 5.41) is 4.10. The zero-order chi connectivity index (χ0) is 9.14. The highest BCUT2D eigenvalue weighted by Crippen LogP contribution is 2.05. The number of carbonyl (C=O) groups is 1. The quantitative estimate of drug-likeness (QED) is 0.671. The second-order valence-electron chi connectivity index (χ2n) is 2.96. The zero-order valence-corrected chi connectivity index (χ0v) is 7.79. The summed E-state index contributed by atoms with van der Waals surface area (Å²) in [7, 11) is 0. The molecular weight excluding hydrogens is 152 g/mol. The van der Waals surface area contributed by atoms with Crippen LogP contribution in [0.3, 0.4) is 0 Å². The summed E-state index contributed by atoms with van der Waals surface area (Å²) in [6.07, 6.45) is 1.96. The lowest BCUT2D eigenvalue weighted by atomic mass is 10.2. The minimum Gasteiger partial charge on any atom is -0.273 e. The van der Waals surface area contributed by atoms with E-state index in [1.54, 1.807) is 0 Å². The molecule has 0 aliphatic rings. The van der Waals surface area contributed by atoms with Crippen molar-refractivity contribution >= 4 is 5.91 Å². The van der Waals surface area contributed by atoms with Gasteiger partial charge in [-0.25, -0.2) is 4.68 Å². The maximum atomic E-state index is 11.1. The molecular formula is C9H14N2O. The molecule has 3 nitrogen and oxygen atoms in total. The number of aryl methyl sites for hydroxylation is 2. The summed E-state index contributed by atoms with van der Waals surface area (Å²) < 4.78 is 1.48. The Kier molecular flexibility index (Phi) is 2.63. The average molecular weight is 166 g/mol. The molecule has 0 spiro atoms. The molecule has 0 unspecified atom stereocenters. The minimum atomic E-state index is -0.00782. The normalized spacial score (nSPS) is 10.2. The molecule has 1 heterocycles. The fourth-order valence-corrected chi connectivity index (χ4v) is 1.26. The Morgan fingerprint density at radius 1 is 1.67 bits per heavy atom. The number of rotatable bonds is 2. The van der Waals surface area contributed by atoms with E-state index < -0.39 is 0 Å². The fourth-order valence-electron chi connectivity index (χ4n) is 1.26. The Morgan fingerprint density at radius 3 is 2.83 bits per heavy atom. The molecule has 1 aromatic heterocycles. The number of aromatic nitrogens is 2. The Bertz CT molecular complexity index is 289. The maximum Gasteiger partial charge on any atom is 0.243 e. The molecule has 66 valence electrons. The zero-order valence-electron chi connectivity index (χ0n) is 7.79.